The number of benzene rings is 2. The van der Waals surface area contributed by atoms with Crippen molar-refractivity contribution in [3.05, 3.63) is 57.3 Å². The Morgan fingerprint density at radius 1 is 1.14 bits per heavy atom. The molecule has 1 N–H and O–H groups in total. The lowest BCUT2D eigenvalue weighted by Crippen LogP contribution is -2.23. The molecule has 1 aliphatic heterocycles. The third kappa shape index (κ3) is 2.96. The Balaban J connectivity index is 1.71. The summed E-state index contributed by atoms with van der Waals surface area (Å²) in [5.74, 6) is 0.109. The van der Waals surface area contributed by atoms with Gasteiger partial charge in [-0.05, 0) is 29.8 Å². The molecule has 2 aromatic carbocycles. The lowest BCUT2D eigenvalue weighted by molar-refractivity contribution is 0.0950. The monoisotopic (exact) mass is 341 g/mol. The van der Waals surface area contributed by atoms with Gasteiger partial charge in [-0.2, -0.15) is 0 Å². The summed E-state index contributed by atoms with van der Waals surface area (Å²) in [5, 5.41) is 2.63. The predicted molar refractivity (Wildman–Crippen MR) is 80.2 cm³/mol. The quantitative estimate of drug-likeness (QED) is 0.864. The van der Waals surface area contributed by atoms with Crippen molar-refractivity contribution in [2.24, 2.45) is 0 Å². The van der Waals surface area contributed by atoms with Crippen LogP contribution in [0.25, 0.3) is 0 Å². The van der Waals surface area contributed by atoms with E-state index in [1.165, 1.54) is 6.07 Å². The summed E-state index contributed by atoms with van der Waals surface area (Å²) in [5.41, 5.74) is 0.854. The van der Waals surface area contributed by atoms with Crippen LogP contribution < -0.4 is 14.8 Å². The van der Waals surface area contributed by atoms with Gasteiger partial charge in [0.2, 0.25) is 6.79 Å². The molecule has 114 valence electrons. The largest absolute Gasteiger partial charge is 0.454 e. The van der Waals surface area contributed by atoms with Gasteiger partial charge in [0.15, 0.2) is 11.5 Å². The summed E-state index contributed by atoms with van der Waals surface area (Å²) in [7, 11) is 0. The first-order valence-corrected chi connectivity index (χ1v) is 7.11. The number of halogens is 3. The summed E-state index contributed by atoms with van der Waals surface area (Å²) >= 11 is 11.5. The second kappa shape index (κ2) is 6.02. The maximum atomic E-state index is 13.4. The van der Waals surface area contributed by atoms with Gasteiger partial charge < -0.3 is 14.8 Å². The molecule has 7 heteroatoms. The SMILES string of the molecule is O=C(NCc1ccc2c(c1)OCO2)c1cc(F)c(Cl)cc1Cl. The van der Waals surface area contributed by atoms with E-state index in [1.807, 2.05) is 0 Å². The van der Waals surface area contributed by atoms with E-state index in [0.717, 1.165) is 11.6 Å². The van der Waals surface area contributed by atoms with Crippen molar-refractivity contribution in [3.8, 4) is 11.5 Å². The van der Waals surface area contributed by atoms with E-state index >= 15 is 0 Å². The molecule has 1 amide bonds. The molecule has 0 bridgehead atoms. The molecule has 22 heavy (non-hydrogen) atoms. The maximum absolute atomic E-state index is 13.4. The number of carbonyl (C=O) groups is 1. The molecule has 0 saturated carbocycles. The number of rotatable bonds is 3. The highest BCUT2D eigenvalue weighted by molar-refractivity contribution is 6.36. The normalized spacial score (nSPS) is 12.3. The third-order valence-electron chi connectivity index (χ3n) is 3.14. The van der Waals surface area contributed by atoms with Crippen molar-refractivity contribution in [3.63, 3.8) is 0 Å². The van der Waals surface area contributed by atoms with E-state index < -0.39 is 11.7 Å². The zero-order valence-electron chi connectivity index (χ0n) is 11.2. The molecule has 0 saturated heterocycles. The fraction of sp³-hybridized carbons (Fsp3) is 0.133. The molecule has 2 aromatic rings. The van der Waals surface area contributed by atoms with E-state index in [1.54, 1.807) is 18.2 Å². The number of nitrogens with one attached hydrogen (secondary N) is 1. The average Bonchev–Trinajstić information content (AvgIpc) is 2.96. The first kappa shape index (κ1) is 14.9. The van der Waals surface area contributed by atoms with Crippen LogP contribution in [0.1, 0.15) is 15.9 Å². The predicted octanol–water partition coefficient (Wildman–Crippen LogP) is 3.79. The highest BCUT2D eigenvalue weighted by atomic mass is 35.5. The van der Waals surface area contributed by atoms with Crippen LogP contribution >= 0.6 is 23.2 Å². The molecule has 1 aliphatic rings. The van der Waals surface area contributed by atoms with Gasteiger partial charge in [0.25, 0.3) is 5.91 Å². The minimum Gasteiger partial charge on any atom is -0.454 e. The Labute approximate surface area is 135 Å². The summed E-state index contributed by atoms with van der Waals surface area (Å²) in [4.78, 5) is 12.1. The van der Waals surface area contributed by atoms with Crippen molar-refractivity contribution in [1.29, 1.82) is 0 Å². The second-order valence-corrected chi connectivity index (χ2v) is 5.43. The van der Waals surface area contributed by atoms with Gasteiger partial charge in [-0.3, -0.25) is 4.79 Å². The molecule has 3 rings (SSSR count). The van der Waals surface area contributed by atoms with Gasteiger partial charge in [-0.25, -0.2) is 4.39 Å². The van der Waals surface area contributed by atoms with Gasteiger partial charge in [0.05, 0.1) is 15.6 Å². The van der Waals surface area contributed by atoms with Gasteiger partial charge >= 0.3 is 0 Å². The van der Waals surface area contributed by atoms with Crippen LogP contribution in [0.2, 0.25) is 10.0 Å². The van der Waals surface area contributed by atoms with Gasteiger partial charge in [0.1, 0.15) is 5.82 Å². The van der Waals surface area contributed by atoms with Gasteiger partial charge in [0, 0.05) is 6.54 Å². The maximum Gasteiger partial charge on any atom is 0.253 e. The average molecular weight is 342 g/mol. The van der Waals surface area contributed by atoms with Crippen LogP contribution in [-0.4, -0.2) is 12.7 Å². The molecule has 4 nitrogen and oxygen atoms in total. The molecule has 0 aliphatic carbocycles. The molecule has 0 aromatic heterocycles. The van der Waals surface area contributed by atoms with E-state index in [9.17, 15) is 9.18 Å². The molecular weight excluding hydrogens is 332 g/mol. The van der Waals surface area contributed by atoms with Crippen molar-refractivity contribution in [2.45, 2.75) is 6.54 Å². The first-order chi connectivity index (χ1) is 10.5. The van der Waals surface area contributed by atoms with Crippen molar-refractivity contribution in [1.82, 2.24) is 5.32 Å². The summed E-state index contributed by atoms with van der Waals surface area (Å²) in [6.45, 7) is 0.431. The standard InChI is InChI=1S/C15H10Cl2FNO3/c16-10-5-11(17)12(18)4-9(10)15(20)19-6-8-1-2-13-14(3-8)22-7-21-13/h1-5H,6-7H2,(H,19,20). The number of carbonyl (C=O) groups excluding carboxylic acids is 1. The van der Waals surface area contributed by atoms with Crippen LogP contribution in [0.4, 0.5) is 4.39 Å². The molecule has 0 spiro atoms. The number of fused-ring (bicyclic) bond motifs is 1. The van der Waals surface area contributed by atoms with Crippen molar-refractivity contribution in [2.75, 3.05) is 6.79 Å². The zero-order chi connectivity index (χ0) is 15.7. The molecular formula is C15H10Cl2FNO3. The Morgan fingerprint density at radius 3 is 2.73 bits per heavy atom. The van der Waals surface area contributed by atoms with Crippen LogP contribution in [0, 0.1) is 5.82 Å². The molecule has 0 radical (unpaired) electrons. The smallest absolute Gasteiger partial charge is 0.253 e. The third-order valence-corrected chi connectivity index (χ3v) is 3.75. The summed E-state index contributed by atoms with van der Waals surface area (Å²) < 4.78 is 23.9. The molecule has 0 unspecified atom stereocenters. The van der Waals surface area contributed by atoms with E-state index in [-0.39, 0.29) is 28.9 Å². The van der Waals surface area contributed by atoms with E-state index in [2.05, 4.69) is 5.32 Å². The number of ether oxygens (including phenoxy) is 2. The Hall–Kier alpha value is -1.98. The van der Waals surface area contributed by atoms with Crippen molar-refractivity contribution < 1.29 is 18.7 Å². The summed E-state index contributed by atoms with van der Waals surface area (Å²) in [6.07, 6.45) is 0. The number of hydrogen-bond acceptors (Lipinski definition) is 3. The van der Waals surface area contributed by atoms with Crippen LogP contribution in [0.15, 0.2) is 30.3 Å². The minimum absolute atomic E-state index is 0.0318. The Bertz CT molecular complexity index is 752. The van der Waals surface area contributed by atoms with Crippen molar-refractivity contribution >= 4 is 29.1 Å². The molecule has 0 atom stereocenters. The first-order valence-electron chi connectivity index (χ1n) is 6.36. The van der Waals surface area contributed by atoms with Crippen LogP contribution in [-0.2, 0) is 6.54 Å². The highest BCUT2D eigenvalue weighted by Crippen LogP contribution is 2.32. The highest BCUT2D eigenvalue weighted by Gasteiger charge is 2.16. The summed E-state index contributed by atoms with van der Waals surface area (Å²) in [6, 6.07) is 7.55. The van der Waals surface area contributed by atoms with Crippen LogP contribution in [0.5, 0.6) is 11.5 Å². The lowest BCUT2D eigenvalue weighted by atomic mass is 10.1. The number of hydrogen-bond donors (Lipinski definition) is 1. The van der Waals surface area contributed by atoms with E-state index in [0.29, 0.717) is 11.5 Å². The Kier molecular flexibility index (Phi) is 4.09. The molecule has 1 heterocycles. The molecule has 0 fully saturated rings. The number of amides is 1. The lowest BCUT2D eigenvalue weighted by Gasteiger charge is -2.08. The Morgan fingerprint density at radius 2 is 1.91 bits per heavy atom. The fourth-order valence-corrected chi connectivity index (χ4v) is 2.49. The van der Waals surface area contributed by atoms with E-state index in [4.69, 9.17) is 32.7 Å². The zero-order valence-corrected chi connectivity index (χ0v) is 12.7. The minimum atomic E-state index is -0.695. The second-order valence-electron chi connectivity index (χ2n) is 4.62. The fourth-order valence-electron chi connectivity index (χ4n) is 2.03. The van der Waals surface area contributed by atoms with Crippen LogP contribution in [0.3, 0.4) is 0 Å². The topological polar surface area (TPSA) is 47.6 Å². The van der Waals surface area contributed by atoms with Gasteiger partial charge in [-0.1, -0.05) is 29.3 Å². The van der Waals surface area contributed by atoms with Gasteiger partial charge in [-0.15, -0.1) is 0 Å².